The molecule has 0 aromatic heterocycles. The van der Waals surface area contributed by atoms with Gasteiger partial charge in [0.1, 0.15) is 6.61 Å². The summed E-state index contributed by atoms with van der Waals surface area (Å²) >= 11 is 0. The van der Waals surface area contributed by atoms with Crippen LogP contribution in [-0.2, 0) is 9.53 Å². The molecule has 1 aliphatic rings. The van der Waals surface area contributed by atoms with Crippen LogP contribution in [0.2, 0.25) is 0 Å². The third kappa shape index (κ3) is 2.30. The molecule has 4 nitrogen and oxygen atoms in total. The average Bonchev–Trinajstić information content (AvgIpc) is 2.58. The minimum Gasteiger partial charge on any atom is -0.447 e. The smallest absolute Gasteiger partial charge is 0.416 e. The second-order valence-electron chi connectivity index (χ2n) is 4.06. The van der Waals surface area contributed by atoms with Gasteiger partial charge in [-0.25, -0.2) is 9.69 Å². The predicted octanol–water partition coefficient (Wildman–Crippen LogP) is 2.04. The van der Waals surface area contributed by atoms with Crippen molar-refractivity contribution in [1.82, 2.24) is 4.90 Å². The van der Waals surface area contributed by atoms with E-state index in [2.05, 4.69) is 0 Å². The van der Waals surface area contributed by atoms with E-state index in [0.29, 0.717) is 0 Å². The van der Waals surface area contributed by atoms with E-state index in [1.807, 2.05) is 13.8 Å². The molecule has 1 heterocycles. The minimum atomic E-state index is -2.39. The van der Waals surface area contributed by atoms with Gasteiger partial charge in [0.2, 0.25) is 5.91 Å². The van der Waals surface area contributed by atoms with Crippen LogP contribution in [0.3, 0.4) is 0 Å². The molecular weight excluding hydrogens is 194 g/mol. The minimum absolute atomic E-state index is 0.0366. The molecule has 0 saturated carbocycles. The quantitative estimate of drug-likeness (QED) is 0.725. The number of hydrogen-bond acceptors (Lipinski definition) is 3. The van der Waals surface area contributed by atoms with E-state index in [4.69, 9.17) is 8.85 Å². The van der Waals surface area contributed by atoms with Gasteiger partial charge in [0.05, 0.1) is 6.04 Å². The summed E-state index contributed by atoms with van der Waals surface area (Å²) in [5.74, 6) is -1.77. The van der Waals surface area contributed by atoms with Crippen LogP contribution in [0.15, 0.2) is 0 Å². The number of carbonyl (C=O) groups is 2. The summed E-state index contributed by atoms with van der Waals surface area (Å²) in [6.07, 6.45) is -0.564. The summed E-state index contributed by atoms with van der Waals surface area (Å²) in [5, 5.41) is 0. The lowest BCUT2D eigenvalue weighted by Gasteiger charge is -2.24. The Morgan fingerprint density at radius 3 is 2.87 bits per heavy atom. The lowest BCUT2D eigenvalue weighted by molar-refractivity contribution is -0.133. The zero-order chi connectivity index (χ0) is 14.1. The molecule has 2 atom stereocenters. The molecule has 0 bridgehead atoms. The van der Waals surface area contributed by atoms with Gasteiger partial charge in [-0.1, -0.05) is 27.6 Å². The van der Waals surface area contributed by atoms with Crippen molar-refractivity contribution in [2.24, 2.45) is 11.8 Å². The summed E-state index contributed by atoms with van der Waals surface area (Å²) in [7, 11) is 0. The monoisotopic (exact) mass is 216 g/mol. The van der Waals surface area contributed by atoms with E-state index < -0.39 is 24.8 Å². The third-order valence-electron chi connectivity index (χ3n) is 2.62. The first-order valence-corrected chi connectivity index (χ1v) is 5.20. The predicted molar refractivity (Wildman–Crippen MR) is 56.3 cm³/mol. The van der Waals surface area contributed by atoms with Crippen LogP contribution < -0.4 is 0 Å². The van der Waals surface area contributed by atoms with Crippen molar-refractivity contribution in [3.8, 4) is 0 Å². The molecule has 0 spiro atoms. The van der Waals surface area contributed by atoms with Crippen molar-refractivity contribution in [3.05, 3.63) is 0 Å². The van der Waals surface area contributed by atoms with Gasteiger partial charge in [-0.3, -0.25) is 4.79 Å². The van der Waals surface area contributed by atoms with E-state index in [1.165, 1.54) is 0 Å². The van der Waals surface area contributed by atoms with Crippen molar-refractivity contribution >= 4 is 12.0 Å². The van der Waals surface area contributed by atoms with Gasteiger partial charge in [-0.2, -0.15) is 0 Å². The topological polar surface area (TPSA) is 46.6 Å². The maximum absolute atomic E-state index is 12.2. The number of nitrogens with zero attached hydrogens (tertiary/aromatic N) is 1. The normalized spacial score (nSPS) is 26.9. The van der Waals surface area contributed by atoms with E-state index in [-0.39, 0.29) is 25.0 Å². The van der Waals surface area contributed by atoms with Crippen LogP contribution in [0.1, 0.15) is 38.2 Å². The van der Waals surface area contributed by atoms with Gasteiger partial charge in [0.15, 0.2) is 0 Å². The first-order chi connectivity index (χ1) is 8.20. The first kappa shape index (κ1) is 8.13. The average molecular weight is 216 g/mol. The fourth-order valence-corrected chi connectivity index (χ4v) is 1.52. The first-order valence-electron chi connectivity index (χ1n) is 6.70. The zero-order valence-electron chi connectivity index (χ0n) is 12.3. The molecule has 1 saturated heterocycles. The second-order valence-corrected chi connectivity index (χ2v) is 4.06. The number of ether oxygens (including phenoxy) is 1. The van der Waals surface area contributed by atoms with Crippen LogP contribution in [0.4, 0.5) is 4.79 Å². The van der Waals surface area contributed by atoms with E-state index >= 15 is 0 Å². The van der Waals surface area contributed by atoms with Crippen LogP contribution in [0.25, 0.3) is 0 Å². The molecule has 0 aromatic rings. The third-order valence-corrected chi connectivity index (χ3v) is 2.62. The van der Waals surface area contributed by atoms with Gasteiger partial charge in [0, 0.05) is 10.0 Å². The van der Waals surface area contributed by atoms with Gasteiger partial charge >= 0.3 is 6.09 Å². The summed E-state index contributed by atoms with van der Waals surface area (Å²) < 4.78 is 26.9. The Morgan fingerprint density at radius 2 is 2.40 bits per heavy atom. The Morgan fingerprint density at radius 1 is 1.73 bits per heavy atom. The van der Waals surface area contributed by atoms with Gasteiger partial charge in [-0.15, -0.1) is 0 Å². The lowest BCUT2D eigenvalue weighted by atomic mass is 10.0. The second kappa shape index (κ2) is 4.64. The summed E-state index contributed by atoms with van der Waals surface area (Å²) in [5.41, 5.74) is 0. The van der Waals surface area contributed by atoms with Gasteiger partial charge in [-0.05, 0) is 12.3 Å². The van der Waals surface area contributed by atoms with E-state index in [1.54, 1.807) is 6.92 Å². The van der Waals surface area contributed by atoms with Crippen molar-refractivity contribution in [1.29, 1.82) is 0 Å². The number of carbonyl (C=O) groups excluding carboxylic acids is 2. The molecular formula is C11H19NO3. The number of imide groups is 1. The Labute approximate surface area is 94.8 Å². The highest BCUT2D eigenvalue weighted by molar-refractivity contribution is 5.94. The molecule has 1 aliphatic heterocycles. The largest absolute Gasteiger partial charge is 0.447 e. The number of rotatable bonds is 3. The number of cyclic esters (lactones) is 1. The summed E-state index contributed by atoms with van der Waals surface area (Å²) in [4.78, 5) is 24.8. The Hall–Kier alpha value is -1.06. The Balaban J connectivity index is 2.96. The molecule has 0 N–H and O–H groups in total. The Bertz CT molecular complexity index is 341. The Kier molecular flexibility index (Phi) is 2.52. The lowest BCUT2D eigenvalue weighted by Crippen LogP contribution is -2.44. The van der Waals surface area contributed by atoms with Crippen LogP contribution in [0, 0.1) is 11.8 Å². The molecule has 2 amide bonds. The fraction of sp³-hybridized carbons (Fsp3) is 0.818. The number of amides is 2. The highest BCUT2D eigenvalue weighted by Crippen LogP contribution is 2.22. The maximum atomic E-state index is 12.2. The molecule has 4 heteroatoms. The molecule has 1 fully saturated rings. The highest BCUT2D eigenvalue weighted by Gasteiger charge is 2.40. The molecule has 86 valence electrons. The molecule has 0 aliphatic carbocycles. The standard InChI is InChI=1S/C11H19NO3/c1-5-8(4)10(13)12-9(7(2)3)6-15-11(12)14/h7-9H,5-6H2,1-4H3/t8?,9-/m1/s1/i4D3. The zero-order valence-corrected chi connectivity index (χ0v) is 9.32. The SMILES string of the molecule is [2H]C([2H])([2H])C(CC)C(=O)N1C(=O)OC[C@@H]1C(C)C. The van der Waals surface area contributed by atoms with E-state index in [9.17, 15) is 9.59 Å². The maximum Gasteiger partial charge on any atom is 0.416 e. The molecule has 1 unspecified atom stereocenters. The highest BCUT2D eigenvalue weighted by atomic mass is 16.6. The van der Waals surface area contributed by atoms with Crippen LogP contribution in [0.5, 0.6) is 0 Å². The van der Waals surface area contributed by atoms with Crippen molar-refractivity contribution < 1.29 is 18.4 Å². The van der Waals surface area contributed by atoms with Crippen molar-refractivity contribution in [2.75, 3.05) is 6.61 Å². The van der Waals surface area contributed by atoms with Crippen LogP contribution in [-0.4, -0.2) is 29.5 Å². The molecule has 1 rings (SSSR count). The molecule has 15 heavy (non-hydrogen) atoms. The van der Waals surface area contributed by atoms with Gasteiger partial charge < -0.3 is 4.74 Å². The van der Waals surface area contributed by atoms with Crippen molar-refractivity contribution in [2.45, 2.75) is 40.1 Å². The van der Waals surface area contributed by atoms with Gasteiger partial charge in [0.25, 0.3) is 0 Å². The number of hydrogen-bond donors (Lipinski definition) is 0. The summed E-state index contributed by atoms with van der Waals surface area (Å²) in [6.45, 7) is 3.10. The summed E-state index contributed by atoms with van der Waals surface area (Å²) in [6, 6.07) is -0.374. The van der Waals surface area contributed by atoms with Crippen molar-refractivity contribution in [3.63, 3.8) is 0 Å². The molecule has 0 radical (unpaired) electrons. The van der Waals surface area contributed by atoms with Crippen LogP contribution >= 0.6 is 0 Å². The fourth-order valence-electron chi connectivity index (χ4n) is 1.52. The van der Waals surface area contributed by atoms with E-state index in [0.717, 1.165) is 4.90 Å². The molecule has 0 aromatic carbocycles.